The number of carboxylic acid groups (broad SMARTS) is 1. The fraction of sp³-hybridized carbons (Fsp3) is 0.556. The number of amides is 1. The molecule has 3 rings (SSSR count). The summed E-state index contributed by atoms with van der Waals surface area (Å²) in [6.45, 7) is 6.89. The minimum Gasteiger partial charge on any atom is -0.480 e. The van der Waals surface area contributed by atoms with Crippen molar-refractivity contribution in [3.05, 3.63) is 30.3 Å². The van der Waals surface area contributed by atoms with Crippen molar-refractivity contribution < 1.29 is 14.7 Å². The second-order valence-corrected chi connectivity index (χ2v) is 7.92. The fourth-order valence-corrected chi connectivity index (χ4v) is 4.32. The summed E-state index contributed by atoms with van der Waals surface area (Å²) in [5.74, 6) is -0.750. The van der Waals surface area contributed by atoms with Crippen LogP contribution in [0.5, 0.6) is 0 Å². The molecule has 0 radical (unpaired) electrons. The molecule has 2 N–H and O–H groups in total. The highest BCUT2D eigenvalue weighted by Crippen LogP contribution is 2.49. The molecule has 2 aliphatic heterocycles. The lowest BCUT2D eigenvalue weighted by molar-refractivity contribution is -0.139. The second kappa shape index (κ2) is 5.34. The number of benzene rings is 1. The van der Waals surface area contributed by atoms with E-state index in [0.29, 0.717) is 19.4 Å². The Bertz CT molecular complexity index is 623. The van der Waals surface area contributed by atoms with E-state index in [1.165, 1.54) is 0 Å². The van der Waals surface area contributed by atoms with E-state index in [0.717, 1.165) is 5.69 Å². The van der Waals surface area contributed by atoms with Gasteiger partial charge in [-0.1, -0.05) is 39.0 Å². The minimum atomic E-state index is -0.832. The van der Waals surface area contributed by atoms with Crippen LogP contribution in [0, 0.1) is 10.8 Å². The monoisotopic (exact) mass is 316 g/mol. The standard InChI is InChI=1S/C18H24N2O3/c1-17(2,3)16-18(9-13(19-16)15(22)23)10-14(21)20(11-18)12-7-5-4-6-8-12/h4-8,13,16,19H,9-11H2,1-3H3,(H,22,23)/t13-,16?,18+/m0/s1. The average molecular weight is 316 g/mol. The minimum absolute atomic E-state index is 0.00578. The molecule has 0 aliphatic carbocycles. The van der Waals surface area contributed by atoms with Gasteiger partial charge in [0.25, 0.3) is 0 Å². The van der Waals surface area contributed by atoms with Crippen LogP contribution in [0.4, 0.5) is 5.69 Å². The van der Waals surface area contributed by atoms with Crippen LogP contribution in [0.25, 0.3) is 0 Å². The molecule has 23 heavy (non-hydrogen) atoms. The molecule has 0 bridgehead atoms. The molecule has 1 unspecified atom stereocenters. The summed E-state index contributed by atoms with van der Waals surface area (Å²) >= 11 is 0. The lowest BCUT2D eigenvalue weighted by Gasteiger charge is -2.39. The summed E-state index contributed by atoms with van der Waals surface area (Å²) in [6.07, 6.45) is 0.903. The molecule has 124 valence electrons. The van der Waals surface area contributed by atoms with Gasteiger partial charge in [-0.3, -0.25) is 9.59 Å². The van der Waals surface area contributed by atoms with Crippen molar-refractivity contribution in [3.63, 3.8) is 0 Å². The Kier molecular flexibility index (Phi) is 3.71. The average Bonchev–Trinajstić information content (AvgIpc) is 3.01. The fourth-order valence-electron chi connectivity index (χ4n) is 4.32. The van der Waals surface area contributed by atoms with Gasteiger partial charge >= 0.3 is 5.97 Å². The van der Waals surface area contributed by atoms with Gasteiger partial charge in [-0.25, -0.2) is 0 Å². The number of carbonyl (C=O) groups is 2. The van der Waals surface area contributed by atoms with E-state index in [4.69, 9.17) is 0 Å². The third-order valence-corrected chi connectivity index (χ3v) is 5.10. The number of carboxylic acids is 1. The zero-order chi connectivity index (χ0) is 16.8. The number of hydrogen-bond donors (Lipinski definition) is 2. The number of anilines is 1. The lowest BCUT2D eigenvalue weighted by Crippen LogP contribution is -2.49. The van der Waals surface area contributed by atoms with Gasteiger partial charge in [-0.05, 0) is 24.0 Å². The molecule has 2 saturated heterocycles. The Hall–Kier alpha value is -1.88. The van der Waals surface area contributed by atoms with Crippen molar-refractivity contribution in [2.24, 2.45) is 10.8 Å². The van der Waals surface area contributed by atoms with Gasteiger partial charge in [0.05, 0.1) is 0 Å². The highest BCUT2D eigenvalue weighted by atomic mass is 16.4. The molecule has 5 nitrogen and oxygen atoms in total. The first-order valence-corrected chi connectivity index (χ1v) is 8.07. The Labute approximate surface area is 136 Å². The molecule has 3 atom stereocenters. The largest absolute Gasteiger partial charge is 0.480 e. The SMILES string of the molecule is CC(C)(C)C1N[C@H](C(=O)O)C[C@]12CC(=O)N(c1ccccc1)C2. The number of para-hydroxylation sites is 1. The van der Waals surface area contributed by atoms with Crippen LogP contribution in [0.3, 0.4) is 0 Å². The Morgan fingerprint density at radius 1 is 1.30 bits per heavy atom. The molecule has 2 heterocycles. The van der Waals surface area contributed by atoms with Crippen molar-refractivity contribution in [1.82, 2.24) is 5.32 Å². The first-order chi connectivity index (χ1) is 10.7. The molecule has 1 aromatic carbocycles. The Balaban J connectivity index is 1.94. The van der Waals surface area contributed by atoms with E-state index in [2.05, 4.69) is 26.1 Å². The molecule has 2 fully saturated rings. The molecule has 2 aliphatic rings. The quantitative estimate of drug-likeness (QED) is 0.878. The van der Waals surface area contributed by atoms with Gasteiger partial charge in [-0.2, -0.15) is 0 Å². The lowest BCUT2D eigenvalue weighted by atomic mass is 9.68. The molecule has 1 amide bonds. The van der Waals surface area contributed by atoms with E-state index in [1.54, 1.807) is 0 Å². The Morgan fingerprint density at radius 3 is 2.52 bits per heavy atom. The topological polar surface area (TPSA) is 69.6 Å². The number of carbonyl (C=O) groups excluding carboxylic acids is 1. The van der Waals surface area contributed by atoms with E-state index < -0.39 is 12.0 Å². The third kappa shape index (κ3) is 2.74. The third-order valence-electron chi connectivity index (χ3n) is 5.10. The maximum atomic E-state index is 12.6. The van der Waals surface area contributed by atoms with Gasteiger partial charge in [0.15, 0.2) is 0 Å². The summed E-state index contributed by atoms with van der Waals surface area (Å²) < 4.78 is 0. The van der Waals surface area contributed by atoms with E-state index >= 15 is 0 Å². The summed E-state index contributed by atoms with van der Waals surface area (Å²) in [7, 11) is 0. The number of hydrogen-bond acceptors (Lipinski definition) is 3. The van der Waals surface area contributed by atoms with Crippen LogP contribution in [0.2, 0.25) is 0 Å². The zero-order valence-electron chi connectivity index (χ0n) is 13.9. The van der Waals surface area contributed by atoms with Crippen molar-refractivity contribution in [1.29, 1.82) is 0 Å². The molecular formula is C18H24N2O3. The summed E-state index contributed by atoms with van der Waals surface area (Å²) in [5, 5.41) is 12.7. The van der Waals surface area contributed by atoms with Crippen LogP contribution in [0.1, 0.15) is 33.6 Å². The van der Waals surface area contributed by atoms with Crippen LogP contribution in [0.15, 0.2) is 30.3 Å². The molecule has 5 heteroatoms. The zero-order valence-corrected chi connectivity index (χ0v) is 13.9. The van der Waals surface area contributed by atoms with Crippen LogP contribution in [-0.2, 0) is 9.59 Å². The number of rotatable bonds is 2. The maximum Gasteiger partial charge on any atom is 0.320 e. The van der Waals surface area contributed by atoms with Gasteiger partial charge in [-0.15, -0.1) is 0 Å². The van der Waals surface area contributed by atoms with Crippen LogP contribution in [-0.4, -0.2) is 35.6 Å². The first-order valence-electron chi connectivity index (χ1n) is 8.07. The van der Waals surface area contributed by atoms with Gasteiger partial charge < -0.3 is 15.3 Å². The van der Waals surface area contributed by atoms with Crippen LogP contribution >= 0.6 is 0 Å². The van der Waals surface area contributed by atoms with Crippen LogP contribution < -0.4 is 10.2 Å². The predicted octanol–water partition coefficient (Wildman–Crippen LogP) is 2.27. The van der Waals surface area contributed by atoms with Gasteiger partial charge in [0.1, 0.15) is 6.04 Å². The number of nitrogens with zero attached hydrogens (tertiary/aromatic N) is 1. The van der Waals surface area contributed by atoms with Crippen molar-refractivity contribution in [2.45, 2.75) is 45.7 Å². The molecule has 0 saturated carbocycles. The van der Waals surface area contributed by atoms with Gasteiger partial charge in [0.2, 0.25) is 5.91 Å². The maximum absolute atomic E-state index is 12.6. The van der Waals surface area contributed by atoms with Gasteiger partial charge in [0, 0.05) is 30.1 Å². The summed E-state index contributed by atoms with van der Waals surface area (Å²) in [5.41, 5.74) is 0.451. The van der Waals surface area contributed by atoms with Crippen molar-refractivity contribution in [3.8, 4) is 0 Å². The molecule has 0 aromatic heterocycles. The van der Waals surface area contributed by atoms with E-state index in [9.17, 15) is 14.7 Å². The van der Waals surface area contributed by atoms with E-state index in [1.807, 2.05) is 35.2 Å². The van der Waals surface area contributed by atoms with E-state index in [-0.39, 0.29) is 22.8 Å². The normalized spacial score (nSPS) is 31.1. The highest BCUT2D eigenvalue weighted by Gasteiger charge is 2.58. The predicted molar refractivity (Wildman–Crippen MR) is 88.3 cm³/mol. The second-order valence-electron chi connectivity index (χ2n) is 7.92. The van der Waals surface area contributed by atoms with Crippen molar-refractivity contribution >= 4 is 17.6 Å². The molecule has 1 spiro atoms. The van der Waals surface area contributed by atoms with Crippen molar-refractivity contribution in [2.75, 3.05) is 11.4 Å². The summed E-state index contributed by atoms with van der Waals surface area (Å²) in [4.78, 5) is 25.9. The summed E-state index contributed by atoms with van der Waals surface area (Å²) in [6, 6.07) is 9.04. The molecule has 1 aromatic rings. The number of aliphatic carboxylic acids is 1. The first kappa shape index (κ1) is 16.0. The Morgan fingerprint density at radius 2 is 1.96 bits per heavy atom. The highest BCUT2D eigenvalue weighted by molar-refractivity contribution is 5.96. The smallest absolute Gasteiger partial charge is 0.320 e. The number of nitrogens with one attached hydrogen (secondary N) is 1. The molecular weight excluding hydrogens is 292 g/mol.